The number of carboxylic acid groups (broad SMARTS) is 1. The van der Waals surface area contributed by atoms with Crippen LogP contribution in [0.25, 0.3) is 0 Å². The van der Waals surface area contributed by atoms with Crippen LogP contribution in [0, 0.1) is 0 Å². The molecule has 0 amide bonds. The van der Waals surface area contributed by atoms with E-state index in [1.165, 1.54) is 0 Å². The van der Waals surface area contributed by atoms with E-state index in [1.54, 1.807) is 0 Å². The zero-order chi connectivity index (χ0) is 20.2. The third kappa shape index (κ3) is 7.04. The van der Waals surface area contributed by atoms with E-state index in [2.05, 4.69) is 9.47 Å². The van der Waals surface area contributed by atoms with Crippen molar-refractivity contribution in [2.75, 3.05) is 13.2 Å². The van der Waals surface area contributed by atoms with Crippen LogP contribution in [0.1, 0.15) is 17.3 Å². The number of hydrogen-bond donors (Lipinski definition) is 1. The van der Waals surface area contributed by atoms with Gasteiger partial charge in [0.15, 0.2) is 0 Å². The van der Waals surface area contributed by atoms with Gasteiger partial charge in [-0.05, 0) is 24.3 Å². The summed E-state index contributed by atoms with van der Waals surface area (Å²) in [5, 5.41) is 8.73. The third-order valence-electron chi connectivity index (χ3n) is 2.71. The Labute approximate surface area is 142 Å². The first kappa shape index (κ1) is 22.0. The minimum Gasteiger partial charge on any atom is -0.486 e. The SMILES string of the molecule is CC(F)(F)OCC(COC(F)(F)C(F)(F)F)Oc1ccc(C(=O)O)cc1. The Hall–Kier alpha value is -2.08. The second-order valence-electron chi connectivity index (χ2n) is 5.01. The Kier molecular flexibility index (Phi) is 6.82. The summed E-state index contributed by atoms with van der Waals surface area (Å²) in [5.74, 6) is -1.46. The highest BCUT2D eigenvalue weighted by atomic mass is 19.4. The van der Waals surface area contributed by atoms with Gasteiger partial charge in [0.05, 0.1) is 18.8 Å². The Morgan fingerprint density at radius 2 is 1.50 bits per heavy atom. The van der Waals surface area contributed by atoms with Gasteiger partial charge in [-0.15, -0.1) is 0 Å². The lowest BCUT2D eigenvalue weighted by Gasteiger charge is -2.25. The zero-order valence-electron chi connectivity index (χ0n) is 13.0. The van der Waals surface area contributed by atoms with E-state index in [0.29, 0.717) is 6.92 Å². The average Bonchev–Trinajstić information content (AvgIpc) is 2.48. The van der Waals surface area contributed by atoms with Crippen LogP contribution < -0.4 is 4.74 Å². The molecule has 0 saturated heterocycles. The molecule has 148 valence electrons. The molecule has 0 spiro atoms. The topological polar surface area (TPSA) is 65.0 Å². The minimum absolute atomic E-state index is 0.162. The second kappa shape index (κ2) is 8.08. The number of aromatic carboxylic acids is 1. The van der Waals surface area contributed by atoms with Crippen LogP contribution in [0.4, 0.5) is 30.7 Å². The van der Waals surface area contributed by atoms with Crippen molar-refractivity contribution in [3.63, 3.8) is 0 Å². The van der Waals surface area contributed by atoms with Gasteiger partial charge >= 0.3 is 24.4 Å². The van der Waals surface area contributed by atoms with Gasteiger partial charge in [-0.25, -0.2) is 4.79 Å². The second-order valence-corrected chi connectivity index (χ2v) is 5.01. The van der Waals surface area contributed by atoms with Gasteiger partial charge in [0.25, 0.3) is 0 Å². The maximum Gasteiger partial charge on any atom is 0.482 e. The smallest absolute Gasteiger partial charge is 0.482 e. The molecule has 0 radical (unpaired) electrons. The molecule has 0 heterocycles. The molecule has 1 N–H and O–H groups in total. The van der Waals surface area contributed by atoms with Crippen molar-refractivity contribution in [2.45, 2.75) is 31.4 Å². The molecule has 1 unspecified atom stereocenters. The normalized spacial score (nSPS) is 14.2. The van der Waals surface area contributed by atoms with E-state index >= 15 is 0 Å². The number of benzene rings is 1. The van der Waals surface area contributed by atoms with Gasteiger partial charge in [0.2, 0.25) is 0 Å². The Morgan fingerprint density at radius 1 is 1.00 bits per heavy atom. The molecule has 0 bridgehead atoms. The first-order valence-corrected chi connectivity index (χ1v) is 6.81. The molecule has 1 aromatic carbocycles. The lowest BCUT2D eigenvalue weighted by atomic mass is 10.2. The molecule has 0 saturated carbocycles. The fraction of sp³-hybridized carbons (Fsp3) is 0.500. The van der Waals surface area contributed by atoms with Crippen LogP contribution in [-0.4, -0.2) is 48.8 Å². The summed E-state index contributed by atoms with van der Waals surface area (Å²) in [5.41, 5.74) is -0.162. The fourth-order valence-corrected chi connectivity index (χ4v) is 1.50. The first-order valence-electron chi connectivity index (χ1n) is 6.81. The highest BCUT2D eigenvalue weighted by Gasteiger charge is 2.59. The molecule has 1 aromatic rings. The van der Waals surface area contributed by atoms with E-state index < -0.39 is 43.7 Å². The number of ether oxygens (including phenoxy) is 3. The number of rotatable bonds is 9. The van der Waals surface area contributed by atoms with E-state index in [9.17, 15) is 35.5 Å². The molecular weight excluding hydrogens is 381 g/mol. The number of carboxylic acids is 1. The van der Waals surface area contributed by atoms with Crippen LogP contribution in [0.2, 0.25) is 0 Å². The van der Waals surface area contributed by atoms with Crippen molar-refractivity contribution in [3.05, 3.63) is 29.8 Å². The Bertz CT molecular complexity index is 595. The van der Waals surface area contributed by atoms with Crippen LogP contribution in [0.15, 0.2) is 24.3 Å². The molecule has 0 aliphatic rings. The van der Waals surface area contributed by atoms with Crippen molar-refractivity contribution >= 4 is 5.97 Å². The quantitative estimate of drug-likeness (QED) is 0.643. The van der Waals surface area contributed by atoms with E-state index in [4.69, 9.17) is 9.84 Å². The minimum atomic E-state index is -6.00. The van der Waals surface area contributed by atoms with Crippen molar-refractivity contribution in [1.29, 1.82) is 0 Å². The maximum absolute atomic E-state index is 12.8. The summed E-state index contributed by atoms with van der Waals surface area (Å²) in [4.78, 5) is 10.7. The van der Waals surface area contributed by atoms with Gasteiger partial charge < -0.3 is 19.3 Å². The highest BCUT2D eigenvalue weighted by molar-refractivity contribution is 5.87. The van der Waals surface area contributed by atoms with E-state index in [-0.39, 0.29) is 11.3 Å². The van der Waals surface area contributed by atoms with Crippen LogP contribution in [0.5, 0.6) is 5.75 Å². The number of hydrogen-bond acceptors (Lipinski definition) is 4. The lowest BCUT2D eigenvalue weighted by Crippen LogP contribution is -2.43. The molecule has 0 aromatic heterocycles. The molecule has 5 nitrogen and oxygen atoms in total. The number of halogens is 7. The van der Waals surface area contributed by atoms with E-state index in [0.717, 1.165) is 24.3 Å². The van der Waals surface area contributed by atoms with Crippen molar-refractivity contribution < 1.29 is 54.8 Å². The monoisotopic (exact) mass is 394 g/mol. The third-order valence-corrected chi connectivity index (χ3v) is 2.71. The van der Waals surface area contributed by atoms with Crippen molar-refractivity contribution in [1.82, 2.24) is 0 Å². The molecule has 0 aliphatic heterocycles. The predicted octanol–water partition coefficient (Wildman–Crippen LogP) is 3.93. The Morgan fingerprint density at radius 3 is 1.92 bits per heavy atom. The number of carbonyl (C=O) groups is 1. The standard InChI is InChI=1S/C14H13F7O5/c1-12(15,16)24-6-10(7-25-14(20,21)13(17,18)19)26-9-4-2-8(3-5-9)11(22)23/h2-5,10H,6-7H2,1H3,(H,22,23). The lowest BCUT2D eigenvalue weighted by molar-refractivity contribution is -0.394. The maximum atomic E-state index is 12.8. The van der Waals surface area contributed by atoms with Crippen LogP contribution >= 0.6 is 0 Å². The summed E-state index contributed by atoms with van der Waals surface area (Å²) in [6, 6.07) is 4.22. The molecule has 1 atom stereocenters. The van der Waals surface area contributed by atoms with Gasteiger partial charge in [-0.2, -0.15) is 30.7 Å². The average molecular weight is 394 g/mol. The van der Waals surface area contributed by atoms with Crippen LogP contribution in [-0.2, 0) is 9.47 Å². The fourth-order valence-electron chi connectivity index (χ4n) is 1.50. The van der Waals surface area contributed by atoms with Gasteiger partial charge in [0, 0.05) is 6.92 Å². The predicted molar refractivity (Wildman–Crippen MR) is 71.3 cm³/mol. The van der Waals surface area contributed by atoms with Crippen molar-refractivity contribution in [2.24, 2.45) is 0 Å². The molecule has 0 aliphatic carbocycles. The summed E-state index contributed by atoms with van der Waals surface area (Å²) >= 11 is 0. The Balaban J connectivity index is 2.82. The van der Waals surface area contributed by atoms with Crippen LogP contribution in [0.3, 0.4) is 0 Å². The highest BCUT2D eigenvalue weighted by Crippen LogP contribution is 2.36. The molecule has 1 rings (SSSR count). The largest absolute Gasteiger partial charge is 0.486 e. The van der Waals surface area contributed by atoms with Gasteiger partial charge in [0.1, 0.15) is 11.9 Å². The summed E-state index contributed by atoms with van der Waals surface area (Å²) in [6.45, 7) is -2.17. The zero-order valence-corrected chi connectivity index (χ0v) is 13.0. The first-order chi connectivity index (χ1) is 11.7. The summed E-state index contributed by atoms with van der Waals surface area (Å²) in [7, 11) is 0. The number of alkyl halides is 7. The van der Waals surface area contributed by atoms with Crippen molar-refractivity contribution in [3.8, 4) is 5.75 Å². The molecular formula is C14H13F7O5. The molecule has 26 heavy (non-hydrogen) atoms. The summed E-state index contributed by atoms with van der Waals surface area (Å²) < 4.78 is 99.7. The van der Waals surface area contributed by atoms with E-state index in [1.807, 2.05) is 0 Å². The van der Waals surface area contributed by atoms with Gasteiger partial charge in [-0.3, -0.25) is 0 Å². The summed E-state index contributed by atoms with van der Waals surface area (Å²) in [6.07, 6.45) is -17.0. The molecule has 0 fully saturated rings. The molecule has 12 heteroatoms. The van der Waals surface area contributed by atoms with Gasteiger partial charge in [-0.1, -0.05) is 0 Å².